The smallest absolute Gasteiger partial charge is 0.306 e. The molecule has 0 radical (unpaired) electrons. The van der Waals surface area contributed by atoms with Gasteiger partial charge in [0.1, 0.15) is 11.9 Å². The van der Waals surface area contributed by atoms with E-state index in [0.717, 1.165) is 6.08 Å². The minimum atomic E-state index is -3.61. The van der Waals surface area contributed by atoms with Crippen LogP contribution in [0.15, 0.2) is 28.8 Å². The van der Waals surface area contributed by atoms with Crippen LogP contribution in [0.4, 0.5) is 8.78 Å². The molecule has 0 bridgehead atoms. The maximum absolute atomic E-state index is 13.9. The summed E-state index contributed by atoms with van der Waals surface area (Å²) in [6.45, 7) is 0. The van der Waals surface area contributed by atoms with Crippen LogP contribution in [0.2, 0.25) is 0 Å². The summed E-state index contributed by atoms with van der Waals surface area (Å²) >= 11 is -1.96. The zero-order chi connectivity index (χ0) is 14.9. The number of allylic oxidation sites excluding steroid dienone is 1. The van der Waals surface area contributed by atoms with Gasteiger partial charge in [-0.25, -0.2) is 8.78 Å². The summed E-state index contributed by atoms with van der Waals surface area (Å²) < 4.78 is 42.3. The van der Waals surface area contributed by atoms with Crippen LogP contribution in [0.5, 0.6) is 0 Å². The fourth-order valence-electron chi connectivity index (χ4n) is 1.94. The second-order valence-corrected chi connectivity index (χ2v) is 6.01. The van der Waals surface area contributed by atoms with Gasteiger partial charge in [0, 0.05) is 6.08 Å². The van der Waals surface area contributed by atoms with Crippen molar-refractivity contribution in [1.29, 1.82) is 0 Å². The highest BCUT2D eigenvalue weighted by Gasteiger charge is 2.59. The van der Waals surface area contributed by atoms with Gasteiger partial charge in [0.15, 0.2) is 31.4 Å². The van der Waals surface area contributed by atoms with Crippen LogP contribution in [-0.2, 0) is 12.6 Å². The summed E-state index contributed by atoms with van der Waals surface area (Å²) in [5.41, 5.74) is 5.33. The number of aliphatic hydroxyl groups is 1. The van der Waals surface area contributed by atoms with E-state index in [2.05, 4.69) is 4.99 Å². The maximum atomic E-state index is 13.9. The Morgan fingerprint density at radius 1 is 1.55 bits per heavy atom. The maximum Gasteiger partial charge on any atom is 0.306 e. The molecule has 0 aromatic carbocycles. The molecule has 2 heterocycles. The number of rotatable bonds is 2. The number of halogens is 3. The minimum absolute atomic E-state index is 0.00116. The first kappa shape index (κ1) is 15.3. The third-order valence-electron chi connectivity index (χ3n) is 2.87. The lowest BCUT2D eigenvalue weighted by Gasteiger charge is -2.21. The number of carbonyl (C=O) groups excluding carboxylic acids is 1. The molecule has 2 rings (SSSR count). The predicted octanol–water partition coefficient (Wildman–Crippen LogP) is 0.794. The number of ether oxygens (including phenoxy) is 1. The number of alkyl halides is 3. The summed E-state index contributed by atoms with van der Waals surface area (Å²) in [6, 6.07) is 0. The molecule has 2 aliphatic heterocycles. The Balaban J connectivity index is 2.34. The van der Waals surface area contributed by atoms with Gasteiger partial charge in [0.2, 0.25) is 0 Å². The number of hydrogen-bond acceptors (Lipinski definition) is 5. The third kappa shape index (κ3) is 2.83. The van der Waals surface area contributed by atoms with Gasteiger partial charge < -0.3 is 15.6 Å². The molecule has 1 amide bonds. The Morgan fingerprint density at radius 3 is 2.85 bits per heavy atom. The summed E-state index contributed by atoms with van der Waals surface area (Å²) in [7, 11) is 0. The van der Waals surface area contributed by atoms with E-state index in [9.17, 15) is 21.8 Å². The third-order valence-corrected chi connectivity index (χ3v) is 4.35. The molecule has 0 spiro atoms. The average molecular weight is 400 g/mol. The molecule has 0 saturated carbocycles. The molecule has 0 aromatic rings. The van der Waals surface area contributed by atoms with Gasteiger partial charge in [-0.05, 0) is 18.1 Å². The number of aliphatic hydroxyl groups excluding tert-OH is 1. The van der Waals surface area contributed by atoms with Crippen LogP contribution >= 0.6 is 21.2 Å². The van der Waals surface area contributed by atoms with E-state index in [4.69, 9.17) is 10.5 Å². The Kier molecular flexibility index (Phi) is 4.39. The molecule has 3 unspecified atom stereocenters. The average Bonchev–Trinajstić information content (AvgIpc) is 2.57. The normalized spacial score (nSPS) is 33.4. The lowest BCUT2D eigenvalue weighted by molar-refractivity contribution is -0.114. The van der Waals surface area contributed by atoms with Gasteiger partial charge in [-0.1, -0.05) is 6.08 Å². The largest absolute Gasteiger partial charge is 0.384 e. The number of aliphatic imine (C=N–C) groups is 1. The fourth-order valence-corrected chi connectivity index (χ4v) is 3.11. The van der Waals surface area contributed by atoms with E-state index < -0.39 is 49.3 Å². The van der Waals surface area contributed by atoms with Gasteiger partial charge in [0.05, 0.1) is 0 Å². The molecule has 20 heavy (non-hydrogen) atoms. The summed E-state index contributed by atoms with van der Waals surface area (Å²) in [5, 5.41) is 9.43. The quantitative estimate of drug-likeness (QED) is 0.528. The molecule has 2 aliphatic rings. The van der Waals surface area contributed by atoms with E-state index in [1.807, 2.05) is 0 Å². The first-order valence-electron chi connectivity index (χ1n) is 5.58. The van der Waals surface area contributed by atoms with Crippen LogP contribution in [0.25, 0.3) is 0 Å². The van der Waals surface area contributed by atoms with Gasteiger partial charge in [-0.2, -0.15) is 4.99 Å². The number of amidine groups is 1. The van der Waals surface area contributed by atoms with Crippen molar-refractivity contribution in [2.75, 3.05) is 0 Å². The van der Waals surface area contributed by atoms with Crippen molar-refractivity contribution in [3.8, 4) is 0 Å². The number of nitrogens with zero attached hydrogens (tertiary/aromatic N) is 1. The van der Waals surface area contributed by atoms with Crippen LogP contribution in [0.3, 0.4) is 0 Å². The van der Waals surface area contributed by atoms with Crippen molar-refractivity contribution < 1.29 is 26.5 Å². The van der Waals surface area contributed by atoms with E-state index >= 15 is 0 Å². The standard InChI is InChI=1S/C11H11F2IN2O4/c12-11(13)8(18)10(14-19)20-9(11)5-2-1-3-6(15)16-7(17)4-5/h1,3-4,8-10,18H,2H2,(H2,15,16,17). The summed E-state index contributed by atoms with van der Waals surface area (Å²) in [6.07, 6.45) is -0.239. The molecule has 1 fully saturated rings. The Bertz CT molecular complexity index is 533. The Morgan fingerprint density at radius 2 is 2.25 bits per heavy atom. The number of nitrogens with two attached hydrogens (primary N) is 1. The minimum Gasteiger partial charge on any atom is -0.384 e. The molecular weight excluding hydrogens is 389 g/mol. The van der Waals surface area contributed by atoms with Crippen molar-refractivity contribution in [3.63, 3.8) is 0 Å². The van der Waals surface area contributed by atoms with Crippen molar-refractivity contribution in [2.24, 2.45) is 10.7 Å². The van der Waals surface area contributed by atoms with Crippen molar-refractivity contribution >= 4 is 32.9 Å². The second-order valence-electron chi connectivity index (χ2n) is 4.28. The van der Waals surface area contributed by atoms with Gasteiger partial charge in [0.25, 0.3) is 5.91 Å². The van der Waals surface area contributed by atoms with Crippen molar-refractivity contribution in [1.82, 2.24) is 0 Å². The van der Waals surface area contributed by atoms with E-state index in [0.29, 0.717) is 0 Å². The lowest BCUT2D eigenvalue weighted by Crippen LogP contribution is -2.40. The van der Waals surface area contributed by atoms with Gasteiger partial charge in [-0.3, -0.25) is 7.86 Å². The molecule has 6 nitrogen and oxygen atoms in total. The predicted molar refractivity (Wildman–Crippen MR) is 72.8 cm³/mol. The monoisotopic (exact) mass is 400 g/mol. The topological polar surface area (TPSA) is 102 Å². The first-order valence-corrected chi connectivity index (χ1v) is 7.71. The van der Waals surface area contributed by atoms with Crippen LogP contribution in [-0.4, -0.2) is 39.1 Å². The molecule has 0 aromatic heterocycles. The molecule has 3 N–H and O–H groups in total. The number of hydrogen-bond donors (Lipinski definition) is 2. The highest BCUT2D eigenvalue weighted by Crippen LogP contribution is 2.43. The summed E-state index contributed by atoms with van der Waals surface area (Å²) in [5.74, 6) is -4.41. The van der Waals surface area contributed by atoms with Gasteiger partial charge >= 0.3 is 5.92 Å². The van der Waals surface area contributed by atoms with Gasteiger partial charge in [-0.15, -0.1) is 0 Å². The fraction of sp³-hybridized carbons (Fsp3) is 0.455. The number of carbonyl (C=O) groups is 1. The summed E-state index contributed by atoms with van der Waals surface area (Å²) in [4.78, 5) is 14.9. The highest BCUT2D eigenvalue weighted by molar-refractivity contribution is 14.1. The van der Waals surface area contributed by atoms with E-state index in [1.165, 1.54) is 12.2 Å². The van der Waals surface area contributed by atoms with Crippen LogP contribution in [0.1, 0.15) is 6.42 Å². The molecular formula is C11H11F2IN2O4. The lowest BCUT2D eigenvalue weighted by atomic mass is 9.98. The highest BCUT2D eigenvalue weighted by atomic mass is 127. The molecule has 0 aliphatic carbocycles. The second kappa shape index (κ2) is 5.74. The Labute approximate surface area is 123 Å². The van der Waals surface area contributed by atoms with Crippen LogP contribution in [0, 0.1) is 0 Å². The molecule has 9 heteroatoms. The van der Waals surface area contributed by atoms with E-state index in [-0.39, 0.29) is 17.8 Å². The van der Waals surface area contributed by atoms with Crippen molar-refractivity contribution in [3.05, 3.63) is 23.8 Å². The zero-order valence-corrected chi connectivity index (χ0v) is 12.2. The molecule has 110 valence electrons. The SMILES string of the molecule is NC1=NC(=O)C=C(C2OC(I=O)C(O)C2(F)F)CC=C1. The number of amides is 1. The molecule has 1 saturated heterocycles. The first-order chi connectivity index (χ1) is 9.36. The molecule has 3 atom stereocenters. The van der Waals surface area contributed by atoms with E-state index in [1.54, 1.807) is 0 Å². The Hall–Kier alpha value is -1.07. The van der Waals surface area contributed by atoms with Crippen molar-refractivity contribution in [2.45, 2.75) is 28.7 Å². The van der Waals surface area contributed by atoms with Crippen LogP contribution < -0.4 is 5.73 Å². The zero-order valence-electron chi connectivity index (χ0n) is 10.0.